The normalized spacial score (nSPS) is 22.2. The van der Waals surface area contributed by atoms with Crippen LogP contribution in [0.3, 0.4) is 0 Å². The first-order valence-electron chi connectivity index (χ1n) is 8.22. The van der Waals surface area contributed by atoms with Crippen LogP contribution in [0.4, 0.5) is 4.79 Å². The molecule has 0 unspecified atom stereocenters. The van der Waals surface area contributed by atoms with Crippen LogP contribution in [-0.4, -0.2) is 66.4 Å². The molecule has 5 nitrogen and oxygen atoms in total. The molecule has 0 N–H and O–H groups in total. The Bertz CT molecular complexity index is 340. The lowest BCUT2D eigenvalue weighted by molar-refractivity contribution is -0.0410. The maximum absolute atomic E-state index is 11.9. The Labute approximate surface area is 128 Å². The highest BCUT2D eigenvalue weighted by atomic mass is 16.6. The molecule has 2 rings (SSSR count). The second-order valence-corrected chi connectivity index (χ2v) is 7.15. The van der Waals surface area contributed by atoms with Gasteiger partial charge in [-0.05, 0) is 40.0 Å². The predicted octanol–water partition coefficient (Wildman–Crippen LogP) is 2.50. The van der Waals surface area contributed by atoms with Crippen molar-refractivity contribution in [3.05, 3.63) is 0 Å². The van der Waals surface area contributed by atoms with Crippen molar-refractivity contribution in [3.8, 4) is 0 Å². The molecule has 21 heavy (non-hydrogen) atoms. The average molecular weight is 298 g/mol. The van der Waals surface area contributed by atoms with Crippen molar-refractivity contribution in [1.29, 1.82) is 0 Å². The molecular weight excluding hydrogens is 268 g/mol. The molecule has 0 atom stereocenters. The molecule has 0 bridgehead atoms. The van der Waals surface area contributed by atoms with E-state index in [9.17, 15) is 4.79 Å². The zero-order valence-electron chi connectivity index (χ0n) is 13.9. The van der Waals surface area contributed by atoms with Crippen molar-refractivity contribution in [1.82, 2.24) is 9.80 Å². The number of nitrogens with zero attached hydrogens (tertiary/aromatic N) is 2. The summed E-state index contributed by atoms with van der Waals surface area (Å²) >= 11 is 0. The summed E-state index contributed by atoms with van der Waals surface area (Å²) in [6, 6.07) is 0.504. The number of hydrogen-bond acceptors (Lipinski definition) is 4. The van der Waals surface area contributed by atoms with Crippen molar-refractivity contribution < 1.29 is 14.3 Å². The van der Waals surface area contributed by atoms with E-state index in [0.29, 0.717) is 12.1 Å². The highest BCUT2D eigenvalue weighted by molar-refractivity contribution is 5.69. The van der Waals surface area contributed by atoms with Gasteiger partial charge in [-0.25, -0.2) is 4.79 Å². The molecule has 0 spiro atoms. The second kappa shape index (κ2) is 6.97. The molecule has 2 saturated heterocycles. The van der Waals surface area contributed by atoms with Crippen LogP contribution in [0.2, 0.25) is 0 Å². The first kappa shape index (κ1) is 16.6. The molecule has 2 aliphatic heterocycles. The minimum Gasteiger partial charge on any atom is -0.444 e. The number of piperidine rings is 1. The summed E-state index contributed by atoms with van der Waals surface area (Å²) in [5, 5.41) is 0. The summed E-state index contributed by atoms with van der Waals surface area (Å²) in [5.41, 5.74) is -0.406. The first-order chi connectivity index (χ1) is 9.89. The Morgan fingerprint density at radius 1 is 1.19 bits per heavy atom. The van der Waals surface area contributed by atoms with Gasteiger partial charge in [0.2, 0.25) is 0 Å². The Hall–Kier alpha value is -0.810. The largest absolute Gasteiger partial charge is 0.444 e. The van der Waals surface area contributed by atoms with Gasteiger partial charge in [-0.15, -0.1) is 0 Å². The Morgan fingerprint density at radius 2 is 1.81 bits per heavy atom. The molecule has 0 radical (unpaired) electrons. The van der Waals surface area contributed by atoms with Crippen molar-refractivity contribution in [2.24, 2.45) is 0 Å². The van der Waals surface area contributed by atoms with Crippen molar-refractivity contribution in [2.75, 3.05) is 32.8 Å². The molecule has 0 aromatic heterocycles. The molecule has 0 aromatic rings. The average Bonchev–Trinajstić information content (AvgIpc) is 2.34. The van der Waals surface area contributed by atoms with Gasteiger partial charge < -0.3 is 14.4 Å². The van der Waals surface area contributed by atoms with Gasteiger partial charge in [0.1, 0.15) is 5.60 Å². The van der Waals surface area contributed by atoms with Crippen molar-refractivity contribution in [3.63, 3.8) is 0 Å². The number of rotatable bonds is 4. The summed E-state index contributed by atoms with van der Waals surface area (Å²) in [6.07, 6.45) is 3.57. The minimum absolute atomic E-state index is 0.181. The maximum Gasteiger partial charge on any atom is 0.410 e. The standard InChI is InChI=1S/C16H30N2O3/c1-5-10-20-14-6-8-17(9-7-14)13-11-18(12-13)15(19)21-16(2,3)4/h13-14H,5-12H2,1-4H3. The van der Waals surface area contributed by atoms with Crippen molar-refractivity contribution >= 4 is 6.09 Å². The second-order valence-electron chi connectivity index (χ2n) is 7.15. The summed E-state index contributed by atoms with van der Waals surface area (Å²) in [7, 11) is 0. The molecular formula is C16H30N2O3. The van der Waals surface area contributed by atoms with Crippen LogP contribution in [0.1, 0.15) is 47.0 Å². The van der Waals surface area contributed by atoms with E-state index in [1.54, 1.807) is 4.90 Å². The smallest absolute Gasteiger partial charge is 0.410 e. The van der Waals surface area contributed by atoms with Crippen LogP contribution < -0.4 is 0 Å². The minimum atomic E-state index is -0.406. The molecule has 2 fully saturated rings. The fraction of sp³-hybridized carbons (Fsp3) is 0.938. The van der Waals surface area contributed by atoms with E-state index in [2.05, 4.69) is 11.8 Å². The molecule has 1 amide bonds. The van der Waals surface area contributed by atoms with Gasteiger partial charge in [0.05, 0.1) is 6.10 Å². The number of ether oxygens (including phenoxy) is 2. The molecule has 0 aliphatic carbocycles. The van der Waals surface area contributed by atoms with Gasteiger partial charge in [-0.1, -0.05) is 6.92 Å². The van der Waals surface area contributed by atoms with Crippen molar-refractivity contribution in [2.45, 2.75) is 64.7 Å². The fourth-order valence-electron chi connectivity index (χ4n) is 2.85. The van der Waals surface area contributed by atoms with Gasteiger partial charge in [0, 0.05) is 38.8 Å². The first-order valence-corrected chi connectivity index (χ1v) is 8.22. The fourth-order valence-corrected chi connectivity index (χ4v) is 2.85. The van der Waals surface area contributed by atoms with E-state index in [1.807, 2.05) is 20.8 Å². The van der Waals surface area contributed by atoms with Gasteiger partial charge in [0.15, 0.2) is 0 Å². The highest BCUT2D eigenvalue weighted by Crippen LogP contribution is 2.23. The summed E-state index contributed by atoms with van der Waals surface area (Å²) in [4.78, 5) is 16.2. The van der Waals surface area contributed by atoms with Crippen LogP contribution in [0.25, 0.3) is 0 Å². The van der Waals surface area contributed by atoms with E-state index >= 15 is 0 Å². The van der Waals surface area contributed by atoms with E-state index in [1.165, 1.54) is 0 Å². The molecule has 5 heteroatoms. The highest BCUT2D eigenvalue weighted by Gasteiger charge is 2.38. The number of likely N-dealkylation sites (tertiary alicyclic amines) is 2. The zero-order chi connectivity index (χ0) is 15.5. The van der Waals surface area contributed by atoms with Gasteiger partial charge in [0.25, 0.3) is 0 Å². The quantitative estimate of drug-likeness (QED) is 0.800. The Balaban J connectivity index is 1.65. The number of carbonyl (C=O) groups is 1. The third-order valence-electron chi connectivity index (χ3n) is 4.06. The summed E-state index contributed by atoms with van der Waals surface area (Å²) < 4.78 is 11.2. The van der Waals surface area contributed by atoms with Gasteiger partial charge in [-0.2, -0.15) is 0 Å². The van der Waals surface area contributed by atoms with Crippen LogP contribution in [0.15, 0.2) is 0 Å². The van der Waals surface area contributed by atoms with Gasteiger partial charge in [-0.3, -0.25) is 4.90 Å². The Morgan fingerprint density at radius 3 is 2.33 bits per heavy atom. The van der Waals surface area contributed by atoms with E-state index in [-0.39, 0.29) is 6.09 Å². The summed E-state index contributed by atoms with van der Waals surface area (Å²) in [5.74, 6) is 0. The van der Waals surface area contributed by atoms with Crippen LogP contribution >= 0.6 is 0 Å². The van der Waals surface area contributed by atoms with E-state index in [4.69, 9.17) is 9.47 Å². The zero-order valence-corrected chi connectivity index (χ0v) is 13.9. The molecule has 2 aliphatic rings. The SMILES string of the molecule is CCCOC1CCN(C2CN(C(=O)OC(C)(C)C)C2)CC1. The lowest BCUT2D eigenvalue weighted by Gasteiger charge is -2.47. The molecule has 0 aromatic carbocycles. The van der Waals surface area contributed by atoms with Crippen LogP contribution in [-0.2, 0) is 9.47 Å². The maximum atomic E-state index is 11.9. The number of hydrogen-bond donors (Lipinski definition) is 0. The number of carbonyl (C=O) groups excluding carboxylic acids is 1. The molecule has 122 valence electrons. The summed E-state index contributed by atoms with van der Waals surface area (Å²) in [6.45, 7) is 12.5. The third-order valence-corrected chi connectivity index (χ3v) is 4.06. The molecule has 0 saturated carbocycles. The number of amides is 1. The van der Waals surface area contributed by atoms with Crippen LogP contribution in [0, 0.1) is 0 Å². The topological polar surface area (TPSA) is 42.0 Å². The lowest BCUT2D eigenvalue weighted by atomic mass is 10.0. The van der Waals surface area contributed by atoms with E-state index in [0.717, 1.165) is 52.0 Å². The monoisotopic (exact) mass is 298 g/mol. The third kappa shape index (κ3) is 4.85. The van der Waals surface area contributed by atoms with Gasteiger partial charge >= 0.3 is 6.09 Å². The Kier molecular flexibility index (Phi) is 5.49. The van der Waals surface area contributed by atoms with E-state index < -0.39 is 5.60 Å². The molecule has 2 heterocycles. The lowest BCUT2D eigenvalue weighted by Crippen LogP contribution is -2.63. The predicted molar refractivity (Wildman–Crippen MR) is 82.4 cm³/mol. The van der Waals surface area contributed by atoms with Crippen LogP contribution in [0.5, 0.6) is 0 Å².